The first-order valence-corrected chi connectivity index (χ1v) is 10.9. The quantitative estimate of drug-likeness (QED) is 0.536. The molecule has 0 fully saturated rings. The van der Waals surface area contributed by atoms with Gasteiger partial charge in [-0.1, -0.05) is 40.9 Å². The maximum atomic E-state index is 12.7. The van der Waals surface area contributed by atoms with E-state index in [1.165, 1.54) is 24.3 Å². The van der Waals surface area contributed by atoms with Crippen molar-refractivity contribution in [3.8, 4) is 0 Å². The normalized spacial score (nSPS) is 14.1. The fraction of sp³-hybridized carbons (Fsp3) is 0.158. The largest absolute Gasteiger partial charge is 0.395 e. The van der Waals surface area contributed by atoms with Gasteiger partial charge in [-0.3, -0.25) is 19.2 Å². The lowest BCUT2D eigenvalue weighted by atomic mass is 10.2. The number of sulfonamides is 1. The van der Waals surface area contributed by atoms with Gasteiger partial charge in [0, 0.05) is 6.08 Å². The zero-order valence-electron chi connectivity index (χ0n) is 15.6. The van der Waals surface area contributed by atoms with Crippen LogP contribution in [-0.2, 0) is 19.6 Å². The predicted octanol–water partition coefficient (Wildman–Crippen LogP) is 2.76. The molecule has 2 aromatic carbocycles. The Morgan fingerprint density at radius 3 is 2.30 bits per heavy atom. The Morgan fingerprint density at radius 2 is 1.67 bits per heavy atom. The van der Waals surface area contributed by atoms with Crippen molar-refractivity contribution in [3.05, 3.63) is 63.8 Å². The molecule has 0 bridgehead atoms. The fourth-order valence-electron chi connectivity index (χ4n) is 2.70. The minimum atomic E-state index is -3.92. The van der Waals surface area contributed by atoms with Crippen molar-refractivity contribution in [2.45, 2.75) is 11.8 Å². The van der Waals surface area contributed by atoms with Crippen LogP contribution in [0.2, 0.25) is 10.0 Å². The van der Waals surface area contributed by atoms with Crippen LogP contribution in [0.3, 0.4) is 0 Å². The number of aliphatic hydroxyl groups is 1. The molecule has 2 aromatic rings. The minimum absolute atomic E-state index is 0.0359. The average molecular weight is 470 g/mol. The molecule has 3 N–H and O–H groups in total. The third kappa shape index (κ3) is 4.59. The molecule has 11 heteroatoms. The molecule has 30 heavy (non-hydrogen) atoms. The average Bonchev–Trinajstić information content (AvgIpc) is 2.93. The van der Waals surface area contributed by atoms with Crippen LogP contribution in [0.5, 0.6) is 0 Å². The number of nitrogens with one attached hydrogen (secondary N) is 2. The number of halogens is 2. The first-order chi connectivity index (χ1) is 14.1. The predicted molar refractivity (Wildman–Crippen MR) is 114 cm³/mol. The summed E-state index contributed by atoms with van der Waals surface area (Å²) in [6.45, 7) is 1.32. The number of β-amino-alcohol motifs (C(OH)–C–C–N with tert-alkyl or cyclic N) is 1. The number of anilines is 2. The number of carbonyl (C=O) groups is 2. The Bertz CT molecular complexity index is 1150. The lowest BCUT2D eigenvalue weighted by Crippen LogP contribution is -2.34. The molecule has 8 nitrogen and oxygen atoms in total. The van der Waals surface area contributed by atoms with Gasteiger partial charge in [-0.25, -0.2) is 8.42 Å². The topological polar surface area (TPSA) is 116 Å². The Morgan fingerprint density at radius 1 is 1.03 bits per heavy atom. The highest BCUT2D eigenvalue weighted by Gasteiger charge is 2.31. The van der Waals surface area contributed by atoms with Gasteiger partial charge < -0.3 is 10.4 Å². The number of aryl methyl sites for hydroxylation is 1. The second-order valence-electron chi connectivity index (χ2n) is 6.43. The maximum Gasteiger partial charge on any atom is 0.277 e. The Kier molecular flexibility index (Phi) is 6.37. The molecule has 0 saturated heterocycles. The summed E-state index contributed by atoms with van der Waals surface area (Å²) < 4.78 is 27.7. The lowest BCUT2D eigenvalue weighted by Gasteiger charge is -2.16. The molecule has 0 unspecified atom stereocenters. The van der Waals surface area contributed by atoms with Crippen LogP contribution in [0.1, 0.15) is 5.56 Å². The Labute approximate surface area is 183 Å². The van der Waals surface area contributed by atoms with Gasteiger partial charge in [0.25, 0.3) is 21.8 Å². The van der Waals surface area contributed by atoms with Gasteiger partial charge >= 0.3 is 0 Å². The van der Waals surface area contributed by atoms with Crippen molar-refractivity contribution < 1.29 is 23.1 Å². The number of carbonyl (C=O) groups excluding carboxylic acids is 2. The van der Waals surface area contributed by atoms with Gasteiger partial charge in [-0.2, -0.15) is 0 Å². The molecule has 1 heterocycles. The SMILES string of the molecule is Cc1ccc(S(=O)(=O)Nc2cc(NC3=CC(=O)N(CCO)C3=O)c(Cl)cc2Cl)cc1. The second kappa shape index (κ2) is 8.65. The van der Waals surface area contributed by atoms with E-state index in [4.69, 9.17) is 28.3 Å². The number of hydrogen-bond acceptors (Lipinski definition) is 6. The van der Waals surface area contributed by atoms with Crippen LogP contribution in [0.4, 0.5) is 11.4 Å². The molecule has 0 aromatic heterocycles. The van der Waals surface area contributed by atoms with Crippen molar-refractivity contribution in [3.63, 3.8) is 0 Å². The third-order valence-electron chi connectivity index (χ3n) is 4.23. The van der Waals surface area contributed by atoms with Gasteiger partial charge in [-0.15, -0.1) is 0 Å². The van der Waals surface area contributed by atoms with Crippen molar-refractivity contribution in [2.24, 2.45) is 0 Å². The van der Waals surface area contributed by atoms with E-state index in [0.717, 1.165) is 16.5 Å². The third-order valence-corrected chi connectivity index (χ3v) is 6.24. The molecular formula is C19H17Cl2N3O5S. The van der Waals surface area contributed by atoms with Crippen LogP contribution in [0.25, 0.3) is 0 Å². The number of aliphatic hydroxyl groups excluding tert-OH is 1. The first-order valence-electron chi connectivity index (χ1n) is 8.66. The zero-order chi connectivity index (χ0) is 22.1. The summed E-state index contributed by atoms with van der Waals surface area (Å²) in [5.41, 5.74) is 1.05. The van der Waals surface area contributed by atoms with Crippen LogP contribution in [-0.4, -0.2) is 43.4 Å². The summed E-state index contributed by atoms with van der Waals surface area (Å²) in [5.74, 6) is -1.22. The van der Waals surface area contributed by atoms with Crippen LogP contribution >= 0.6 is 23.2 Å². The van der Waals surface area contributed by atoms with Gasteiger partial charge in [0.05, 0.1) is 39.5 Å². The smallest absolute Gasteiger partial charge is 0.277 e. The van der Waals surface area contributed by atoms with E-state index in [2.05, 4.69) is 10.0 Å². The molecule has 2 amide bonds. The molecule has 0 saturated carbocycles. The summed E-state index contributed by atoms with van der Waals surface area (Å²) >= 11 is 12.3. The zero-order valence-corrected chi connectivity index (χ0v) is 18.0. The molecule has 0 aliphatic carbocycles. The van der Waals surface area contributed by atoms with E-state index in [-0.39, 0.29) is 45.2 Å². The summed E-state index contributed by atoms with van der Waals surface area (Å²) in [6, 6.07) is 8.89. The first kappa shape index (κ1) is 22.1. The highest BCUT2D eigenvalue weighted by molar-refractivity contribution is 7.92. The molecule has 0 radical (unpaired) electrons. The number of imide groups is 1. The van der Waals surface area contributed by atoms with E-state index in [1.54, 1.807) is 12.1 Å². The highest BCUT2D eigenvalue weighted by atomic mass is 35.5. The minimum Gasteiger partial charge on any atom is -0.395 e. The Balaban J connectivity index is 1.88. The van der Waals surface area contributed by atoms with E-state index in [0.29, 0.717) is 0 Å². The second-order valence-corrected chi connectivity index (χ2v) is 8.93. The van der Waals surface area contributed by atoms with Crippen molar-refractivity contribution in [2.75, 3.05) is 23.2 Å². The lowest BCUT2D eigenvalue weighted by molar-refractivity contribution is -0.137. The number of hydrogen-bond donors (Lipinski definition) is 3. The highest BCUT2D eigenvalue weighted by Crippen LogP contribution is 2.35. The summed E-state index contributed by atoms with van der Waals surface area (Å²) in [5, 5.41) is 11.9. The van der Waals surface area contributed by atoms with Crippen molar-refractivity contribution in [1.82, 2.24) is 4.90 Å². The monoisotopic (exact) mass is 469 g/mol. The Hall–Kier alpha value is -2.59. The molecular weight excluding hydrogens is 453 g/mol. The maximum absolute atomic E-state index is 12.7. The molecule has 0 atom stereocenters. The van der Waals surface area contributed by atoms with Gasteiger partial charge in [-0.05, 0) is 31.2 Å². The van der Waals surface area contributed by atoms with Crippen LogP contribution in [0.15, 0.2) is 53.1 Å². The molecule has 1 aliphatic rings. The van der Waals surface area contributed by atoms with Crippen LogP contribution < -0.4 is 10.0 Å². The molecule has 158 valence electrons. The number of nitrogens with zero attached hydrogens (tertiary/aromatic N) is 1. The van der Waals surface area contributed by atoms with Gasteiger partial charge in [0.1, 0.15) is 5.70 Å². The van der Waals surface area contributed by atoms with Crippen molar-refractivity contribution in [1.29, 1.82) is 0 Å². The molecule has 3 rings (SSSR count). The number of benzene rings is 2. The summed E-state index contributed by atoms with van der Waals surface area (Å²) in [4.78, 5) is 25.1. The number of amides is 2. The van der Waals surface area contributed by atoms with Gasteiger partial charge in [0.2, 0.25) is 0 Å². The van der Waals surface area contributed by atoms with E-state index < -0.39 is 21.8 Å². The number of rotatable bonds is 7. The van der Waals surface area contributed by atoms with Crippen LogP contribution in [0, 0.1) is 6.92 Å². The van der Waals surface area contributed by atoms with E-state index in [9.17, 15) is 18.0 Å². The summed E-state index contributed by atoms with van der Waals surface area (Å²) in [7, 11) is -3.92. The summed E-state index contributed by atoms with van der Waals surface area (Å²) in [6.07, 6.45) is 1.07. The van der Waals surface area contributed by atoms with Crippen molar-refractivity contribution >= 4 is 56.4 Å². The van der Waals surface area contributed by atoms with E-state index in [1.807, 2.05) is 6.92 Å². The fourth-order valence-corrected chi connectivity index (χ4v) is 4.30. The van der Waals surface area contributed by atoms with E-state index >= 15 is 0 Å². The standard InChI is InChI=1S/C19H17Cl2N3O5S/c1-11-2-4-12(5-3-11)30(28,29)23-16-9-15(13(20)8-14(16)21)22-17-10-18(26)24(6-7-25)19(17)27/h2-5,8-10,22-23,25H,6-7H2,1H3. The van der Waals surface area contributed by atoms with Gasteiger partial charge in [0.15, 0.2) is 0 Å². The molecule has 0 spiro atoms. The molecule has 1 aliphatic heterocycles.